The molecule has 8 heteroatoms. The van der Waals surface area contributed by atoms with Gasteiger partial charge in [-0.3, -0.25) is 9.59 Å². The molecule has 154 valence electrons. The van der Waals surface area contributed by atoms with Gasteiger partial charge in [0.05, 0.1) is 5.56 Å². The largest absolute Gasteiger partial charge is 0.490 e. The summed E-state index contributed by atoms with van der Waals surface area (Å²) in [5.41, 5.74) is 1.28. The SMILES string of the molecule is CC(C)(C)c1ccc(OCCOC(=O)CN2C(=O)c3ccccc3S2(=O)=O)cc1. The van der Waals surface area contributed by atoms with Crippen molar-refractivity contribution in [2.45, 2.75) is 31.1 Å². The number of sulfonamides is 1. The second kappa shape index (κ2) is 7.87. The van der Waals surface area contributed by atoms with E-state index >= 15 is 0 Å². The second-order valence-electron chi connectivity index (χ2n) is 7.66. The van der Waals surface area contributed by atoms with Gasteiger partial charge in [-0.15, -0.1) is 0 Å². The molecule has 0 bridgehead atoms. The molecule has 0 saturated carbocycles. The molecular formula is C21H23NO6S. The Morgan fingerprint density at radius 3 is 2.28 bits per heavy atom. The Morgan fingerprint density at radius 1 is 1.00 bits per heavy atom. The van der Waals surface area contributed by atoms with Crippen LogP contribution in [0.3, 0.4) is 0 Å². The number of benzene rings is 2. The van der Waals surface area contributed by atoms with Crippen molar-refractivity contribution in [1.82, 2.24) is 4.31 Å². The van der Waals surface area contributed by atoms with Crippen LogP contribution in [0.15, 0.2) is 53.4 Å². The van der Waals surface area contributed by atoms with Crippen LogP contribution in [0.4, 0.5) is 0 Å². The van der Waals surface area contributed by atoms with Crippen molar-refractivity contribution < 1.29 is 27.5 Å². The van der Waals surface area contributed by atoms with Gasteiger partial charge in [0.15, 0.2) is 0 Å². The van der Waals surface area contributed by atoms with E-state index in [1.165, 1.54) is 23.8 Å². The molecule has 0 unspecified atom stereocenters. The lowest BCUT2D eigenvalue weighted by atomic mass is 9.87. The zero-order valence-corrected chi connectivity index (χ0v) is 17.4. The summed E-state index contributed by atoms with van der Waals surface area (Å²) >= 11 is 0. The van der Waals surface area contributed by atoms with Crippen LogP contribution in [0.2, 0.25) is 0 Å². The van der Waals surface area contributed by atoms with E-state index in [1.54, 1.807) is 6.07 Å². The third-order valence-corrected chi connectivity index (χ3v) is 6.31. The highest BCUT2D eigenvalue weighted by Gasteiger charge is 2.42. The summed E-state index contributed by atoms with van der Waals surface area (Å²) in [5, 5.41) is 0. The van der Waals surface area contributed by atoms with E-state index in [1.807, 2.05) is 24.3 Å². The van der Waals surface area contributed by atoms with Crippen LogP contribution in [0, 0.1) is 0 Å². The van der Waals surface area contributed by atoms with Crippen molar-refractivity contribution in [1.29, 1.82) is 0 Å². The minimum Gasteiger partial charge on any atom is -0.490 e. The van der Waals surface area contributed by atoms with Gasteiger partial charge in [-0.25, -0.2) is 12.7 Å². The first-order chi connectivity index (χ1) is 13.6. The van der Waals surface area contributed by atoms with E-state index in [0.29, 0.717) is 10.1 Å². The fourth-order valence-electron chi connectivity index (χ4n) is 2.92. The molecule has 0 saturated heterocycles. The molecule has 0 spiro atoms. The maximum atomic E-state index is 12.4. The molecule has 2 aromatic rings. The number of carbonyl (C=O) groups is 2. The summed E-state index contributed by atoms with van der Waals surface area (Å²) in [7, 11) is -4.03. The van der Waals surface area contributed by atoms with Gasteiger partial charge in [0.2, 0.25) is 0 Å². The van der Waals surface area contributed by atoms with Gasteiger partial charge in [0.25, 0.3) is 15.9 Å². The van der Waals surface area contributed by atoms with Gasteiger partial charge in [-0.1, -0.05) is 45.0 Å². The Morgan fingerprint density at radius 2 is 1.66 bits per heavy atom. The molecule has 2 aromatic carbocycles. The Hall–Kier alpha value is -2.87. The maximum absolute atomic E-state index is 12.4. The Balaban J connectivity index is 1.49. The number of amides is 1. The van der Waals surface area contributed by atoms with Crippen molar-refractivity contribution in [2.75, 3.05) is 19.8 Å². The van der Waals surface area contributed by atoms with E-state index in [0.717, 1.165) is 0 Å². The predicted octanol–water partition coefficient (Wildman–Crippen LogP) is 2.75. The standard InChI is InChI=1S/C21H23NO6S/c1-21(2,3)15-8-10-16(11-9-15)27-12-13-28-19(23)14-22-20(24)17-6-4-5-7-18(17)29(22,25)26/h4-11H,12-14H2,1-3H3. The Bertz CT molecular complexity index is 1020. The minimum absolute atomic E-state index is 0.0427. The summed E-state index contributed by atoms with van der Waals surface area (Å²) in [5.74, 6) is -0.907. The zero-order valence-electron chi connectivity index (χ0n) is 16.5. The molecule has 1 aliphatic rings. The van der Waals surface area contributed by atoms with Crippen molar-refractivity contribution in [3.63, 3.8) is 0 Å². The molecule has 0 aromatic heterocycles. The number of fused-ring (bicyclic) bond motifs is 1. The van der Waals surface area contributed by atoms with Crippen molar-refractivity contribution in [3.05, 3.63) is 59.7 Å². The zero-order chi connectivity index (χ0) is 21.2. The molecule has 1 aliphatic heterocycles. The number of esters is 1. The summed E-state index contributed by atoms with van der Waals surface area (Å²) in [4.78, 5) is 24.2. The lowest BCUT2D eigenvalue weighted by molar-refractivity contribution is -0.144. The minimum atomic E-state index is -4.03. The third kappa shape index (κ3) is 4.42. The van der Waals surface area contributed by atoms with Crippen LogP contribution in [0.1, 0.15) is 36.7 Å². The van der Waals surface area contributed by atoms with Crippen LogP contribution in [-0.4, -0.2) is 44.4 Å². The highest BCUT2D eigenvalue weighted by molar-refractivity contribution is 7.90. The van der Waals surface area contributed by atoms with Gasteiger partial charge in [-0.05, 0) is 35.2 Å². The predicted molar refractivity (Wildman–Crippen MR) is 106 cm³/mol. The van der Waals surface area contributed by atoms with E-state index in [-0.39, 0.29) is 29.1 Å². The average molecular weight is 417 g/mol. The highest BCUT2D eigenvalue weighted by Crippen LogP contribution is 2.29. The molecule has 0 radical (unpaired) electrons. The van der Waals surface area contributed by atoms with E-state index < -0.39 is 28.4 Å². The first-order valence-corrected chi connectivity index (χ1v) is 10.6. The molecule has 0 fully saturated rings. The first-order valence-electron chi connectivity index (χ1n) is 9.16. The number of carbonyl (C=O) groups excluding carboxylic acids is 2. The van der Waals surface area contributed by atoms with Crippen LogP contribution >= 0.6 is 0 Å². The molecule has 7 nitrogen and oxygen atoms in total. The van der Waals surface area contributed by atoms with Gasteiger partial charge >= 0.3 is 5.97 Å². The summed E-state index contributed by atoms with van der Waals surface area (Å²) < 4.78 is 35.9. The summed E-state index contributed by atoms with van der Waals surface area (Å²) in [6.07, 6.45) is 0. The molecule has 0 atom stereocenters. The molecule has 29 heavy (non-hydrogen) atoms. The number of hydrogen-bond acceptors (Lipinski definition) is 6. The van der Waals surface area contributed by atoms with Crippen LogP contribution in [0.25, 0.3) is 0 Å². The fraction of sp³-hybridized carbons (Fsp3) is 0.333. The highest BCUT2D eigenvalue weighted by atomic mass is 32.2. The molecule has 0 N–H and O–H groups in total. The fourth-order valence-corrected chi connectivity index (χ4v) is 4.43. The molecule has 0 aliphatic carbocycles. The van der Waals surface area contributed by atoms with Gasteiger partial charge in [0.1, 0.15) is 30.4 Å². The Kier molecular flexibility index (Phi) is 5.66. The molecule has 1 amide bonds. The summed E-state index contributed by atoms with van der Waals surface area (Å²) in [6, 6.07) is 13.5. The van der Waals surface area contributed by atoms with E-state index in [2.05, 4.69) is 20.8 Å². The molecular weight excluding hydrogens is 394 g/mol. The normalized spacial score (nSPS) is 15.1. The van der Waals surface area contributed by atoms with E-state index in [9.17, 15) is 18.0 Å². The van der Waals surface area contributed by atoms with E-state index in [4.69, 9.17) is 9.47 Å². The van der Waals surface area contributed by atoms with Crippen molar-refractivity contribution in [3.8, 4) is 5.75 Å². The third-order valence-electron chi connectivity index (χ3n) is 4.52. The van der Waals surface area contributed by atoms with Crippen LogP contribution < -0.4 is 4.74 Å². The van der Waals surface area contributed by atoms with Crippen LogP contribution in [0.5, 0.6) is 5.75 Å². The van der Waals surface area contributed by atoms with Gasteiger partial charge in [-0.2, -0.15) is 0 Å². The van der Waals surface area contributed by atoms with Crippen LogP contribution in [-0.2, 0) is 25.0 Å². The number of hydrogen-bond donors (Lipinski definition) is 0. The maximum Gasteiger partial charge on any atom is 0.327 e. The monoisotopic (exact) mass is 417 g/mol. The number of nitrogens with zero attached hydrogens (tertiary/aromatic N) is 1. The average Bonchev–Trinajstić information content (AvgIpc) is 2.86. The number of rotatable bonds is 6. The number of ether oxygens (including phenoxy) is 2. The van der Waals surface area contributed by atoms with Crippen molar-refractivity contribution in [2.24, 2.45) is 0 Å². The molecule has 1 heterocycles. The topological polar surface area (TPSA) is 90.0 Å². The smallest absolute Gasteiger partial charge is 0.327 e. The van der Waals surface area contributed by atoms with Gasteiger partial charge in [0, 0.05) is 0 Å². The van der Waals surface area contributed by atoms with Gasteiger partial charge < -0.3 is 9.47 Å². The summed E-state index contributed by atoms with van der Waals surface area (Å²) in [6.45, 7) is 5.73. The van der Waals surface area contributed by atoms with Crippen molar-refractivity contribution >= 4 is 21.9 Å². The second-order valence-corrected chi connectivity index (χ2v) is 9.49. The Labute approximate surface area is 170 Å². The lowest BCUT2D eigenvalue weighted by Gasteiger charge is -2.19. The first kappa shape index (κ1) is 20.9. The lowest BCUT2D eigenvalue weighted by Crippen LogP contribution is -2.36. The molecule has 3 rings (SSSR count). The quantitative estimate of drug-likeness (QED) is 0.530.